The maximum absolute atomic E-state index is 6.89. The van der Waals surface area contributed by atoms with Crippen molar-refractivity contribution in [3.63, 3.8) is 0 Å². The second-order valence-electron chi connectivity index (χ2n) is 6.62. The lowest BCUT2D eigenvalue weighted by molar-refractivity contribution is 0.0827. The largest absolute Gasteiger partial charge is 0.521 e. The van der Waals surface area contributed by atoms with Gasteiger partial charge in [-0.25, -0.2) is 0 Å². The van der Waals surface area contributed by atoms with Gasteiger partial charge in [0, 0.05) is 76.1 Å². The molecule has 0 atom stereocenters. The third-order valence-electron chi connectivity index (χ3n) is 5.49. The van der Waals surface area contributed by atoms with Gasteiger partial charge in [0.05, 0.1) is 5.16 Å². The summed E-state index contributed by atoms with van der Waals surface area (Å²) in [5.41, 5.74) is 6.89. The third-order valence-corrected chi connectivity index (χ3v) is 14.5. The zero-order valence-electron chi connectivity index (χ0n) is 19.5. The van der Waals surface area contributed by atoms with Crippen LogP contribution < -0.4 is 5.73 Å². The Morgan fingerprint density at radius 1 is 0.517 bits per heavy atom. The first kappa shape index (κ1) is 29.3. The summed E-state index contributed by atoms with van der Waals surface area (Å²) in [7, 11) is 5.71. The molecule has 0 saturated heterocycles. The minimum Gasteiger partial charge on any atom is -0.377 e. The molecule has 10 nitrogen and oxygen atoms in total. The van der Waals surface area contributed by atoms with Gasteiger partial charge >= 0.3 is 26.4 Å². The second kappa shape index (κ2) is 13.6. The fraction of sp³-hybridized carbons (Fsp3) is 1.00. The van der Waals surface area contributed by atoms with Gasteiger partial charge in [0.2, 0.25) is 0 Å². The smallest absolute Gasteiger partial charge is 0.377 e. The molecule has 13 heteroatoms. The predicted molar refractivity (Wildman–Crippen MR) is 115 cm³/mol. The lowest BCUT2D eigenvalue weighted by Crippen LogP contribution is -2.69. The van der Waals surface area contributed by atoms with Crippen molar-refractivity contribution in [1.29, 1.82) is 0 Å². The van der Waals surface area contributed by atoms with Crippen molar-refractivity contribution in [3.05, 3.63) is 0 Å². The first-order valence-electron chi connectivity index (χ1n) is 9.46. The van der Waals surface area contributed by atoms with Crippen LogP contribution in [0, 0.1) is 0 Å². The Balaban J connectivity index is 5.42. The highest BCUT2D eigenvalue weighted by atomic mass is 28.4. The molecule has 0 aromatic carbocycles. The van der Waals surface area contributed by atoms with Crippen molar-refractivity contribution in [2.24, 2.45) is 5.73 Å². The van der Waals surface area contributed by atoms with Gasteiger partial charge in [0.15, 0.2) is 0 Å². The average Bonchev–Trinajstić information content (AvgIpc) is 2.76. The maximum atomic E-state index is 6.89. The van der Waals surface area contributed by atoms with Crippen LogP contribution in [0.25, 0.3) is 0 Å². The molecule has 29 heavy (non-hydrogen) atoms. The third kappa shape index (κ3) is 7.13. The summed E-state index contributed by atoms with van der Waals surface area (Å²) in [6.07, 6.45) is 2.57. The number of nitrogens with two attached hydrogens (primary N) is 1. The molecule has 0 amide bonds. The minimum absolute atomic E-state index is 0.584. The fourth-order valence-corrected chi connectivity index (χ4v) is 9.77. The van der Waals surface area contributed by atoms with E-state index in [1.54, 1.807) is 64.0 Å². The van der Waals surface area contributed by atoms with Crippen LogP contribution in [0.1, 0.15) is 25.7 Å². The molecule has 0 heterocycles. The summed E-state index contributed by atoms with van der Waals surface area (Å²) in [5.74, 6) is 0. The zero-order chi connectivity index (χ0) is 22.6. The highest BCUT2D eigenvalue weighted by molar-refractivity contribution is 6.64. The first-order chi connectivity index (χ1) is 13.7. The van der Waals surface area contributed by atoms with Crippen molar-refractivity contribution in [2.75, 3.05) is 64.0 Å². The standard InChI is InChI=1S/C16H41NO9Si3/c1-18-27(19-2,20-3)14-10-12-16(17,29(24-7,25-8)26-9)13-11-15-28(21-4,22-5)23-6/h10-15,17H2,1-9H3. The van der Waals surface area contributed by atoms with E-state index in [4.69, 9.17) is 45.6 Å². The molecule has 0 spiro atoms. The van der Waals surface area contributed by atoms with Gasteiger partial charge in [-0.2, -0.15) is 0 Å². The van der Waals surface area contributed by atoms with Gasteiger partial charge in [-0.3, -0.25) is 0 Å². The first-order valence-corrected chi connectivity index (χ1v) is 15.1. The summed E-state index contributed by atoms with van der Waals surface area (Å²) < 4.78 is 50.3. The molecule has 0 bridgehead atoms. The number of hydrogen-bond donors (Lipinski definition) is 1. The fourth-order valence-electron chi connectivity index (χ4n) is 3.64. The van der Waals surface area contributed by atoms with E-state index in [1.165, 1.54) is 0 Å². The Hall–Kier alpha value is 0.251. The molecule has 0 rings (SSSR count). The van der Waals surface area contributed by atoms with E-state index >= 15 is 0 Å². The SMILES string of the molecule is CO[Si](CCCC(N)(CCC[Si](OC)(OC)OC)[Si](OC)(OC)OC)(OC)OC. The summed E-state index contributed by atoms with van der Waals surface area (Å²) in [6.45, 7) is 0. The van der Waals surface area contributed by atoms with Crippen molar-refractivity contribution >= 4 is 26.4 Å². The monoisotopic (exact) mass is 475 g/mol. The van der Waals surface area contributed by atoms with Crippen LogP contribution in [-0.2, 0) is 39.8 Å². The molecule has 0 aliphatic heterocycles. The van der Waals surface area contributed by atoms with Gasteiger partial charge in [-0.05, 0) is 25.7 Å². The lowest BCUT2D eigenvalue weighted by Gasteiger charge is -2.41. The Morgan fingerprint density at radius 3 is 1.00 bits per heavy atom. The summed E-state index contributed by atoms with van der Waals surface area (Å²) in [6, 6.07) is 1.23. The van der Waals surface area contributed by atoms with Gasteiger partial charge in [-0.1, -0.05) is 0 Å². The summed E-state index contributed by atoms with van der Waals surface area (Å²) in [4.78, 5) is 0. The molecule has 0 radical (unpaired) electrons. The van der Waals surface area contributed by atoms with E-state index in [1.807, 2.05) is 0 Å². The molecule has 0 fully saturated rings. The van der Waals surface area contributed by atoms with Gasteiger partial charge in [0.1, 0.15) is 0 Å². The predicted octanol–water partition coefficient (Wildman–Crippen LogP) is 1.42. The van der Waals surface area contributed by atoms with Crippen molar-refractivity contribution < 1.29 is 39.8 Å². The molecule has 0 aliphatic rings. The summed E-state index contributed by atoms with van der Waals surface area (Å²) >= 11 is 0. The van der Waals surface area contributed by atoms with Crippen LogP contribution in [0.4, 0.5) is 0 Å². The van der Waals surface area contributed by atoms with E-state index in [2.05, 4.69) is 0 Å². The Kier molecular flexibility index (Phi) is 13.7. The van der Waals surface area contributed by atoms with Gasteiger partial charge < -0.3 is 45.6 Å². The van der Waals surface area contributed by atoms with E-state index in [-0.39, 0.29) is 0 Å². The van der Waals surface area contributed by atoms with Crippen molar-refractivity contribution in [2.45, 2.75) is 42.9 Å². The molecular weight excluding hydrogens is 434 g/mol. The van der Waals surface area contributed by atoms with Crippen LogP contribution in [0.2, 0.25) is 12.1 Å². The normalized spacial score (nSPS) is 13.9. The van der Waals surface area contributed by atoms with Crippen LogP contribution in [0.15, 0.2) is 0 Å². The highest BCUT2D eigenvalue weighted by Gasteiger charge is 2.57. The Morgan fingerprint density at radius 2 is 0.793 bits per heavy atom. The molecule has 0 aromatic rings. The topological polar surface area (TPSA) is 109 Å². The molecule has 2 N–H and O–H groups in total. The molecular formula is C16H41NO9Si3. The van der Waals surface area contributed by atoms with Crippen LogP contribution in [0.5, 0.6) is 0 Å². The van der Waals surface area contributed by atoms with E-state index in [0.717, 1.165) is 0 Å². The lowest BCUT2D eigenvalue weighted by atomic mass is 10.1. The van der Waals surface area contributed by atoms with Crippen molar-refractivity contribution in [3.8, 4) is 0 Å². The zero-order valence-corrected chi connectivity index (χ0v) is 22.5. The molecule has 0 aromatic heterocycles. The molecule has 176 valence electrons. The number of hydrogen-bond acceptors (Lipinski definition) is 10. The summed E-state index contributed by atoms with van der Waals surface area (Å²) in [5, 5.41) is -0.823. The van der Waals surface area contributed by atoms with E-state index < -0.39 is 31.6 Å². The molecule has 0 unspecified atom stereocenters. The van der Waals surface area contributed by atoms with Crippen LogP contribution in [0.3, 0.4) is 0 Å². The average molecular weight is 476 g/mol. The van der Waals surface area contributed by atoms with Crippen molar-refractivity contribution in [1.82, 2.24) is 0 Å². The second-order valence-corrected chi connectivity index (χ2v) is 16.1. The molecule has 0 aliphatic carbocycles. The quantitative estimate of drug-likeness (QED) is 0.292. The number of rotatable bonds is 18. The Bertz CT molecular complexity index is 385. The highest BCUT2D eigenvalue weighted by Crippen LogP contribution is 2.33. The Labute approximate surface area is 179 Å². The van der Waals surface area contributed by atoms with E-state index in [0.29, 0.717) is 37.8 Å². The van der Waals surface area contributed by atoms with E-state index in [9.17, 15) is 0 Å². The van der Waals surface area contributed by atoms with Crippen LogP contribution >= 0.6 is 0 Å². The van der Waals surface area contributed by atoms with Gasteiger partial charge in [0.25, 0.3) is 0 Å². The van der Waals surface area contributed by atoms with Gasteiger partial charge in [-0.15, -0.1) is 0 Å². The minimum atomic E-state index is -3.16. The molecule has 0 saturated carbocycles. The van der Waals surface area contributed by atoms with Crippen LogP contribution in [-0.4, -0.2) is 95.6 Å². The maximum Gasteiger partial charge on any atom is 0.521 e.